The van der Waals surface area contributed by atoms with Crippen molar-refractivity contribution in [1.29, 1.82) is 0 Å². The number of piperidine rings is 1. The second-order valence-electron chi connectivity index (χ2n) is 6.12. The lowest BCUT2D eigenvalue weighted by molar-refractivity contribution is -0.141. The van der Waals surface area contributed by atoms with Crippen LogP contribution in [0.15, 0.2) is 0 Å². The lowest BCUT2D eigenvalue weighted by atomic mass is 9.87. The van der Waals surface area contributed by atoms with Gasteiger partial charge in [-0.1, -0.05) is 41.0 Å². The maximum atomic E-state index is 12.3. The van der Waals surface area contributed by atoms with Gasteiger partial charge in [-0.05, 0) is 18.9 Å². The van der Waals surface area contributed by atoms with E-state index in [1.807, 2.05) is 20.8 Å². The highest BCUT2D eigenvalue weighted by atomic mass is 16.2. The zero-order valence-corrected chi connectivity index (χ0v) is 12.0. The Balaban J connectivity index is 2.62. The minimum atomic E-state index is -0.247. The highest BCUT2D eigenvalue weighted by molar-refractivity contribution is 5.81. The van der Waals surface area contributed by atoms with Gasteiger partial charge in [0.15, 0.2) is 0 Å². The van der Waals surface area contributed by atoms with Crippen molar-refractivity contribution in [1.82, 2.24) is 10.2 Å². The molecule has 1 fully saturated rings. The van der Waals surface area contributed by atoms with Gasteiger partial charge >= 0.3 is 0 Å². The third-order valence-electron chi connectivity index (χ3n) is 3.65. The van der Waals surface area contributed by atoms with Gasteiger partial charge in [-0.15, -0.1) is 0 Å². The van der Waals surface area contributed by atoms with Crippen LogP contribution in [-0.4, -0.2) is 36.5 Å². The predicted octanol–water partition coefficient (Wildman–Crippen LogP) is 2.27. The first-order chi connectivity index (χ1) is 7.90. The van der Waals surface area contributed by atoms with Crippen LogP contribution in [0.1, 0.15) is 47.5 Å². The Morgan fingerprint density at radius 2 is 2.00 bits per heavy atom. The minimum Gasteiger partial charge on any atom is -0.342 e. The maximum Gasteiger partial charge on any atom is 0.227 e. The average molecular weight is 240 g/mol. The van der Waals surface area contributed by atoms with Crippen molar-refractivity contribution in [2.45, 2.75) is 53.5 Å². The smallest absolute Gasteiger partial charge is 0.227 e. The Labute approximate surface area is 106 Å². The number of amides is 1. The van der Waals surface area contributed by atoms with Crippen LogP contribution < -0.4 is 5.32 Å². The molecular weight excluding hydrogens is 212 g/mol. The Kier molecular flexibility index (Phi) is 4.99. The van der Waals surface area contributed by atoms with Gasteiger partial charge in [-0.3, -0.25) is 4.79 Å². The fourth-order valence-electron chi connectivity index (χ4n) is 2.64. The van der Waals surface area contributed by atoms with Gasteiger partial charge in [0.1, 0.15) is 0 Å². The van der Waals surface area contributed by atoms with Crippen molar-refractivity contribution in [2.75, 3.05) is 19.6 Å². The lowest BCUT2D eigenvalue weighted by Crippen LogP contribution is -2.53. The van der Waals surface area contributed by atoms with Crippen molar-refractivity contribution in [3.8, 4) is 0 Å². The highest BCUT2D eigenvalue weighted by Crippen LogP contribution is 2.25. The molecule has 1 rings (SSSR count). The molecule has 1 N–H and O–H groups in total. The molecule has 3 nitrogen and oxygen atoms in total. The van der Waals surface area contributed by atoms with Gasteiger partial charge in [0.25, 0.3) is 0 Å². The van der Waals surface area contributed by atoms with E-state index >= 15 is 0 Å². The van der Waals surface area contributed by atoms with E-state index in [0.717, 1.165) is 32.5 Å². The van der Waals surface area contributed by atoms with Crippen LogP contribution in [-0.2, 0) is 4.79 Å². The topological polar surface area (TPSA) is 32.3 Å². The second kappa shape index (κ2) is 5.85. The Morgan fingerprint density at radius 1 is 1.35 bits per heavy atom. The lowest BCUT2D eigenvalue weighted by Gasteiger charge is -2.41. The van der Waals surface area contributed by atoms with Gasteiger partial charge in [0, 0.05) is 24.5 Å². The fourth-order valence-corrected chi connectivity index (χ4v) is 2.64. The SMILES string of the molecule is CCNC1CCN(C(=O)C(C)(C)C)CC1CC. The van der Waals surface area contributed by atoms with E-state index in [1.54, 1.807) is 0 Å². The van der Waals surface area contributed by atoms with Crippen LogP contribution in [0.5, 0.6) is 0 Å². The number of carbonyl (C=O) groups excluding carboxylic acids is 1. The summed E-state index contributed by atoms with van der Waals surface area (Å²) in [5, 5.41) is 3.55. The largest absolute Gasteiger partial charge is 0.342 e. The highest BCUT2D eigenvalue weighted by Gasteiger charge is 2.34. The third kappa shape index (κ3) is 3.70. The summed E-state index contributed by atoms with van der Waals surface area (Å²) in [6.07, 6.45) is 2.24. The Hall–Kier alpha value is -0.570. The molecule has 1 heterocycles. The van der Waals surface area contributed by atoms with E-state index in [4.69, 9.17) is 0 Å². The summed E-state index contributed by atoms with van der Waals surface area (Å²) >= 11 is 0. The van der Waals surface area contributed by atoms with Gasteiger partial charge in [0.05, 0.1) is 0 Å². The van der Waals surface area contributed by atoms with Gasteiger partial charge in [-0.2, -0.15) is 0 Å². The van der Waals surface area contributed by atoms with Crippen molar-refractivity contribution >= 4 is 5.91 Å². The van der Waals surface area contributed by atoms with Crippen molar-refractivity contribution in [3.63, 3.8) is 0 Å². The molecule has 0 bridgehead atoms. The fraction of sp³-hybridized carbons (Fsp3) is 0.929. The van der Waals surface area contributed by atoms with E-state index in [-0.39, 0.29) is 5.41 Å². The van der Waals surface area contributed by atoms with Crippen LogP contribution in [0.2, 0.25) is 0 Å². The number of hydrogen-bond acceptors (Lipinski definition) is 2. The quantitative estimate of drug-likeness (QED) is 0.821. The zero-order valence-electron chi connectivity index (χ0n) is 12.0. The summed E-state index contributed by atoms with van der Waals surface area (Å²) in [7, 11) is 0. The normalized spacial score (nSPS) is 26.1. The van der Waals surface area contributed by atoms with Crippen LogP contribution in [0, 0.1) is 11.3 Å². The third-order valence-corrected chi connectivity index (χ3v) is 3.65. The van der Waals surface area contributed by atoms with Crippen molar-refractivity contribution in [3.05, 3.63) is 0 Å². The van der Waals surface area contributed by atoms with E-state index in [2.05, 4.69) is 24.1 Å². The van der Waals surface area contributed by atoms with E-state index in [1.165, 1.54) is 0 Å². The molecule has 0 aromatic heterocycles. The summed E-state index contributed by atoms with van der Waals surface area (Å²) in [6, 6.07) is 0.592. The number of rotatable bonds is 3. The average Bonchev–Trinajstić information content (AvgIpc) is 2.28. The van der Waals surface area contributed by atoms with Crippen molar-refractivity contribution < 1.29 is 4.79 Å². The molecular formula is C14H28N2O. The minimum absolute atomic E-state index is 0.247. The molecule has 3 heteroatoms. The molecule has 0 aromatic rings. The van der Waals surface area contributed by atoms with Gasteiger partial charge in [-0.25, -0.2) is 0 Å². The summed E-state index contributed by atoms with van der Waals surface area (Å²) in [5.41, 5.74) is -0.247. The number of likely N-dealkylation sites (tertiary alicyclic amines) is 1. The molecule has 100 valence electrons. The summed E-state index contributed by atoms with van der Waals surface area (Å²) in [5.74, 6) is 0.904. The molecule has 2 unspecified atom stereocenters. The number of carbonyl (C=O) groups is 1. The van der Waals surface area contributed by atoms with Gasteiger partial charge < -0.3 is 10.2 Å². The first kappa shape index (κ1) is 14.5. The summed E-state index contributed by atoms with van der Waals surface area (Å²) in [6.45, 7) is 13.2. The van der Waals surface area contributed by atoms with E-state index in [9.17, 15) is 4.79 Å². The van der Waals surface area contributed by atoms with Crippen molar-refractivity contribution in [2.24, 2.45) is 11.3 Å². The molecule has 1 aliphatic rings. The van der Waals surface area contributed by atoms with Crippen LogP contribution in [0.3, 0.4) is 0 Å². The molecule has 0 aliphatic carbocycles. The number of hydrogen-bond donors (Lipinski definition) is 1. The first-order valence-electron chi connectivity index (χ1n) is 6.92. The molecule has 0 radical (unpaired) electrons. The standard InChI is InChI=1S/C14H28N2O/c1-6-11-10-16(13(17)14(3,4)5)9-8-12(11)15-7-2/h11-12,15H,6-10H2,1-5H3. The Bertz CT molecular complexity index is 257. The monoisotopic (exact) mass is 240 g/mol. The molecule has 2 atom stereocenters. The maximum absolute atomic E-state index is 12.3. The molecule has 0 spiro atoms. The summed E-state index contributed by atoms with van der Waals surface area (Å²) in [4.78, 5) is 14.3. The molecule has 0 aromatic carbocycles. The molecule has 1 aliphatic heterocycles. The number of nitrogens with one attached hydrogen (secondary N) is 1. The van der Waals surface area contributed by atoms with E-state index < -0.39 is 0 Å². The van der Waals surface area contributed by atoms with Crippen LogP contribution in [0.4, 0.5) is 0 Å². The summed E-state index contributed by atoms with van der Waals surface area (Å²) < 4.78 is 0. The molecule has 0 saturated carbocycles. The molecule has 1 saturated heterocycles. The zero-order chi connectivity index (χ0) is 13.1. The molecule has 1 amide bonds. The van der Waals surface area contributed by atoms with E-state index in [0.29, 0.717) is 17.9 Å². The van der Waals surface area contributed by atoms with Crippen LogP contribution in [0.25, 0.3) is 0 Å². The van der Waals surface area contributed by atoms with Crippen LogP contribution >= 0.6 is 0 Å². The molecule has 17 heavy (non-hydrogen) atoms. The first-order valence-corrected chi connectivity index (χ1v) is 6.92. The Morgan fingerprint density at radius 3 is 2.47 bits per heavy atom. The number of nitrogens with zero attached hydrogens (tertiary/aromatic N) is 1. The predicted molar refractivity (Wildman–Crippen MR) is 71.9 cm³/mol. The van der Waals surface area contributed by atoms with Gasteiger partial charge in [0.2, 0.25) is 5.91 Å². The second-order valence-corrected chi connectivity index (χ2v) is 6.12.